The molecule has 0 aliphatic carbocycles. The molecule has 2 saturated heterocycles. The number of piperazine rings is 1. The molecule has 184 valence electrons. The van der Waals surface area contributed by atoms with E-state index in [1.54, 1.807) is 17.4 Å². The summed E-state index contributed by atoms with van der Waals surface area (Å²) in [6.07, 6.45) is 1.26. The first-order valence-corrected chi connectivity index (χ1v) is 12.6. The van der Waals surface area contributed by atoms with Crippen molar-refractivity contribution in [1.29, 1.82) is 5.41 Å². The van der Waals surface area contributed by atoms with Crippen LogP contribution in [0.2, 0.25) is 0 Å². The largest absolute Gasteiger partial charge is 0.398 e. The van der Waals surface area contributed by atoms with E-state index in [9.17, 15) is 4.79 Å². The highest BCUT2D eigenvalue weighted by Crippen LogP contribution is 2.36. The van der Waals surface area contributed by atoms with Crippen molar-refractivity contribution in [2.45, 2.75) is 6.54 Å². The van der Waals surface area contributed by atoms with E-state index in [-0.39, 0.29) is 12.5 Å². The number of carbonyl (C=O) groups is 1. The number of morpholine rings is 1. The summed E-state index contributed by atoms with van der Waals surface area (Å²) in [5, 5.41) is 7.87. The Morgan fingerprint density at radius 1 is 1.14 bits per heavy atom. The number of thiophene rings is 1. The lowest BCUT2D eigenvalue weighted by Crippen LogP contribution is -2.49. The smallest absolute Gasteiger partial charge is 0.236 e. The molecule has 1 amide bonds. The second kappa shape index (κ2) is 10.2. The SMILES string of the molecule is N=Cc1c(N)cccc1-c1nc(N2CCOCC2)c2sc(CN3CCN(C(=O)CN)CC3)cc2n1. The maximum Gasteiger partial charge on any atom is 0.236 e. The third-order valence-electron chi connectivity index (χ3n) is 6.52. The number of hydrogen-bond donors (Lipinski definition) is 3. The summed E-state index contributed by atoms with van der Waals surface area (Å²) in [4.78, 5) is 29.4. The van der Waals surface area contributed by atoms with Crippen LogP contribution in [0.3, 0.4) is 0 Å². The molecule has 2 aliphatic heterocycles. The van der Waals surface area contributed by atoms with Crippen LogP contribution < -0.4 is 16.4 Å². The van der Waals surface area contributed by atoms with Crippen molar-refractivity contribution in [2.24, 2.45) is 5.73 Å². The summed E-state index contributed by atoms with van der Waals surface area (Å²) in [5.74, 6) is 1.49. The predicted octanol–water partition coefficient (Wildman–Crippen LogP) is 1.38. The van der Waals surface area contributed by atoms with Gasteiger partial charge in [-0.15, -0.1) is 11.3 Å². The van der Waals surface area contributed by atoms with E-state index in [0.717, 1.165) is 54.3 Å². The summed E-state index contributed by atoms with van der Waals surface area (Å²) in [6.45, 7) is 6.76. The van der Waals surface area contributed by atoms with Crippen LogP contribution in [0, 0.1) is 5.41 Å². The van der Waals surface area contributed by atoms with E-state index in [4.69, 9.17) is 31.6 Å². The molecular weight excluding hydrogens is 464 g/mol. The number of amides is 1. The summed E-state index contributed by atoms with van der Waals surface area (Å²) in [5.41, 5.74) is 14.5. The fourth-order valence-corrected chi connectivity index (χ4v) is 5.75. The van der Waals surface area contributed by atoms with Gasteiger partial charge in [-0.05, 0) is 12.1 Å². The van der Waals surface area contributed by atoms with Crippen molar-refractivity contribution in [2.75, 3.05) is 69.7 Å². The fraction of sp³-hybridized carbons (Fsp3) is 0.417. The van der Waals surface area contributed by atoms with Crippen LogP contribution in [-0.2, 0) is 16.1 Å². The van der Waals surface area contributed by atoms with Crippen LogP contribution in [0.25, 0.3) is 21.6 Å². The molecule has 35 heavy (non-hydrogen) atoms. The molecule has 0 unspecified atom stereocenters. The molecule has 2 aliphatic rings. The van der Waals surface area contributed by atoms with Crippen LogP contribution in [-0.4, -0.2) is 90.9 Å². The Kier molecular flexibility index (Phi) is 6.91. The van der Waals surface area contributed by atoms with Gasteiger partial charge in [0.1, 0.15) is 0 Å². The number of carbonyl (C=O) groups excluding carboxylic acids is 1. The number of nitrogen functional groups attached to an aromatic ring is 1. The molecule has 0 saturated carbocycles. The molecule has 10 nitrogen and oxygen atoms in total. The van der Waals surface area contributed by atoms with Crippen molar-refractivity contribution in [3.8, 4) is 11.4 Å². The molecule has 3 aromatic rings. The Labute approximate surface area is 208 Å². The number of ether oxygens (including phenoxy) is 1. The van der Waals surface area contributed by atoms with Crippen LogP contribution in [0.5, 0.6) is 0 Å². The van der Waals surface area contributed by atoms with Gasteiger partial charge in [0, 0.05) is 73.7 Å². The number of anilines is 2. The maximum absolute atomic E-state index is 11.9. The van der Waals surface area contributed by atoms with E-state index in [1.807, 2.05) is 17.0 Å². The fourth-order valence-electron chi connectivity index (χ4n) is 4.60. The lowest BCUT2D eigenvalue weighted by atomic mass is 10.1. The Balaban J connectivity index is 1.48. The first-order valence-electron chi connectivity index (χ1n) is 11.8. The summed E-state index contributed by atoms with van der Waals surface area (Å²) >= 11 is 1.72. The average Bonchev–Trinajstić information content (AvgIpc) is 3.30. The molecule has 5 rings (SSSR count). The van der Waals surface area contributed by atoms with E-state index in [2.05, 4.69) is 15.9 Å². The second-order valence-electron chi connectivity index (χ2n) is 8.71. The van der Waals surface area contributed by atoms with E-state index >= 15 is 0 Å². The number of nitrogens with two attached hydrogens (primary N) is 2. The molecule has 0 spiro atoms. The molecule has 1 aromatic carbocycles. The number of benzene rings is 1. The third-order valence-corrected chi connectivity index (χ3v) is 7.62. The zero-order valence-corrected chi connectivity index (χ0v) is 20.4. The molecule has 0 radical (unpaired) electrons. The predicted molar refractivity (Wildman–Crippen MR) is 139 cm³/mol. The molecule has 4 heterocycles. The number of nitrogens with one attached hydrogen (secondary N) is 1. The number of rotatable bonds is 6. The van der Waals surface area contributed by atoms with Crippen LogP contribution in [0.4, 0.5) is 11.5 Å². The van der Waals surface area contributed by atoms with Gasteiger partial charge in [-0.2, -0.15) is 0 Å². The van der Waals surface area contributed by atoms with Crippen molar-refractivity contribution in [3.05, 3.63) is 34.7 Å². The highest BCUT2D eigenvalue weighted by Gasteiger charge is 2.24. The number of nitrogens with zero attached hydrogens (tertiary/aromatic N) is 5. The molecule has 5 N–H and O–H groups in total. The summed E-state index contributed by atoms with van der Waals surface area (Å²) < 4.78 is 6.63. The zero-order chi connectivity index (χ0) is 24.4. The Bertz CT molecular complexity index is 1230. The quantitative estimate of drug-likeness (QED) is 0.345. The number of fused-ring (bicyclic) bond motifs is 1. The maximum atomic E-state index is 11.9. The van der Waals surface area contributed by atoms with E-state index < -0.39 is 0 Å². The van der Waals surface area contributed by atoms with Gasteiger partial charge < -0.3 is 31.4 Å². The molecule has 0 atom stereocenters. The zero-order valence-electron chi connectivity index (χ0n) is 19.6. The average molecular weight is 495 g/mol. The monoisotopic (exact) mass is 494 g/mol. The lowest BCUT2D eigenvalue weighted by molar-refractivity contribution is -0.131. The Morgan fingerprint density at radius 2 is 1.91 bits per heavy atom. The van der Waals surface area contributed by atoms with Crippen molar-refractivity contribution in [3.63, 3.8) is 0 Å². The van der Waals surface area contributed by atoms with Gasteiger partial charge in [0.05, 0.1) is 30.0 Å². The molecule has 0 bridgehead atoms. The second-order valence-corrected chi connectivity index (χ2v) is 9.85. The molecule has 2 aromatic heterocycles. The van der Waals surface area contributed by atoms with Gasteiger partial charge in [0.15, 0.2) is 11.6 Å². The standard InChI is InChI=1S/C24H30N8O2S/c25-13-18-17(2-1-3-19(18)27)23-28-20-12-16(15-30-4-6-31(7-5-30)21(33)14-26)35-22(20)24(29-23)32-8-10-34-11-9-32/h1-3,12-13,25H,4-11,14-15,26-27H2. The summed E-state index contributed by atoms with van der Waals surface area (Å²) in [7, 11) is 0. The van der Waals surface area contributed by atoms with Gasteiger partial charge in [-0.3, -0.25) is 9.69 Å². The van der Waals surface area contributed by atoms with Crippen molar-refractivity contribution >= 4 is 45.2 Å². The van der Waals surface area contributed by atoms with Gasteiger partial charge in [-0.25, -0.2) is 9.97 Å². The van der Waals surface area contributed by atoms with Crippen LogP contribution in [0.15, 0.2) is 24.3 Å². The third kappa shape index (κ3) is 4.85. The molecule has 11 heteroatoms. The molecular formula is C24H30N8O2S. The minimum absolute atomic E-state index is 0.00955. The number of aromatic nitrogens is 2. The van der Waals surface area contributed by atoms with E-state index in [1.165, 1.54) is 11.1 Å². The molecule has 2 fully saturated rings. The Morgan fingerprint density at radius 3 is 2.63 bits per heavy atom. The topological polar surface area (TPSA) is 138 Å². The minimum atomic E-state index is 0.00955. The lowest BCUT2D eigenvalue weighted by Gasteiger charge is -2.34. The highest BCUT2D eigenvalue weighted by atomic mass is 32.1. The Hall–Kier alpha value is -3.12. The van der Waals surface area contributed by atoms with Crippen LogP contribution in [0.1, 0.15) is 10.4 Å². The minimum Gasteiger partial charge on any atom is -0.398 e. The van der Waals surface area contributed by atoms with Gasteiger partial charge in [0.25, 0.3) is 0 Å². The van der Waals surface area contributed by atoms with Gasteiger partial charge in [-0.1, -0.05) is 12.1 Å². The summed E-state index contributed by atoms with van der Waals surface area (Å²) in [6, 6.07) is 7.71. The van der Waals surface area contributed by atoms with Crippen LogP contribution >= 0.6 is 11.3 Å². The van der Waals surface area contributed by atoms with Gasteiger partial charge >= 0.3 is 0 Å². The first-order chi connectivity index (χ1) is 17.1. The van der Waals surface area contributed by atoms with Gasteiger partial charge in [0.2, 0.25) is 5.91 Å². The van der Waals surface area contributed by atoms with Crippen molar-refractivity contribution < 1.29 is 9.53 Å². The first kappa shape index (κ1) is 23.6. The normalized spacial score (nSPS) is 17.2. The van der Waals surface area contributed by atoms with Crippen molar-refractivity contribution in [1.82, 2.24) is 19.8 Å². The number of hydrogen-bond acceptors (Lipinski definition) is 10. The highest BCUT2D eigenvalue weighted by molar-refractivity contribution is 7.19. The van der Waals surface area contributed by atoms with E-state index in [0.29, 0.717) is 43.4 Å².